The molecular weight excluding hydrogens is 370 g/mol. The highest BCUT2D eigenvalue weighted by Gasteiger charge is 2.31. The molecule has 2 heteroatoms. The normalized spacial score (nSPS) is 10.8. The van der Waals surface area contributed by atoms with E-state index in [0.717, 1.165) is 0 Å². The van der Waals surface area contributed by atoms with Crippen molar-refractivity contribution in [1.29, 1.82) is 0 Å². The van der Waals surface area contributed by atoms with Gasteiger partial charge in [0.05, 0.1) is 5.56 Å². The van der Waals surface area contributed by atoms with Crippen molar-refractivity contribution >= 4 is 11.3 Å². The van der Waals surface area contributed by atoms with Gasteiger partial charge in [0.15, 0.2) is 0 Å². The van der Waals surface area contributed by atoms with E-state index in [9.17, 15) is 0 Å². The summed E-state index contributed by atoms with van der Waals surface area (Å²) < 4.78 is 2.40. The zero-order chi connectivity index (χ0) is 19.5. The molecule has 0 unspecified atom stereocenters. The molecule has 0 saturated carbocycles. The molecule has 0 radical (unpaired) electrons. The summed E-state index contributed by atoms with van der Waals surface area (Å²) in [7, 11) is 0. The van der Waals surface area contributed by atoms with Crippen molar-refractivity contribution in [2.45, 2.75) is 0 Å². The Morgan fingerprint density at radius 3 is 1.45 bits per heavy atom. The maximum absolute atomic E-state index is 2.40. The number of hydrogen-bond acceptors (Lipinski definition) is 1. The molecule has 29 heavy (non-hydrogen) atoms. The quantitative estimate of drug-likeness (QED) is 0.290. The van der Waals surface area contributed by atoms with Crippen LogP contribution in [0.15, 0.2) is 121 Å². The molecule has 138 valence electrons. The van der Waals surface area contributed by atoms with E-state index in [1.54, 1.807) is 0 Å². The predicted octanol–water partition coefficient (Wildman–Crippen LogP) is 7.03. The highest BCUT2D eigenvalue weighted by atomic mass is 32.1. The third kappa shape index (κ3) is 3.39. The summed E-state index contributed by atoms with van der Waals surface area (Å²) in [6.45, 7) is 0. The first-order valence-electron chi connectivity index (χ1n) is 9.72. The topological polar surface area (TPSA) is 3.88 Å². The highest BCUT2D eigenvalue weighted by molar-refractivity contribution is 7.18. The maximum atomic E-state index is 2.40. The Labute approximate surface area is 175 Å². The third-order valence-electron chi connectivity index (χ3n) is 4.96. The molecule has 1 heterocycles. The molecule has 1 nitrogen and oxygen atoms in total. The Hall–Kier alpha value is -3.49. The van der Waals surface area contributed by atoms with Crippen LogP contribution < -0.4 is 4.57 Å². The van der Waals surface area contributed by atoms with Crippen LogP contribution in [0.2, 0.25) is 0 Å². The van der Waals surface area contributed by atoms with Crippen LogP contribution >= 0.6 is 11.3 Å². The molecule has 0 atom stereocenters. The monoisotopic (exact) mass is 390 g/mol. The first kappa shape index (κ1) is 17.6. The molecule has 0 N–H and O–H groups in total. The van der Waals surface area contributed by atoms with Gasteiger partial charge in [0, 0.05) is 17.7 Å². The second-order valence-corrected chi connectivity index (χ2v) is 7.85. The summed E-state index contributed by atoms with van der Waals surface area (Å²) in [6, 6.07) is 42.7. The van der Waals surface area contributed by atoms with Gasteiger partial charge in [0.1, 0.15) is 4.88 Å². The minimum atomic E-state index is 1.17. The van der Waals surface area contributed by atoms with Gasteiger partial charge in [0.25, 0.3) is 5.01 Å². The fraction of sp³-hybridized carbons (Fsp3) is 0. The molecular formula is C27H20NS+. The molecule has 0 fully saturated rings. The van der Waals surface area contributed by atoms with Gasteiger partial charge >= 0.3 is 0 Å². The minimum absolute atomic E-state index is 1.17. The molecule has 0 aliphatic carbocycles. The van der Waals surface area contributed by atoms with Crippen molar-refractivity contribution < 1.29 is 4.57 Å². The van der Waals surface area contributed by atoms with Crippen LogP contribution in [0.5, 0.6) is 0 Å². The van der Waals surface area contributed by atoms with Gasteiger partial charge in [-0.05, 0) is 29.8 Å². The molecule has 5 rings (SSSR count). The summed E-state index contributed by atoms with van der Waals surface area (Å²) in [5, 5.41) is 1.23. The summed E-state index contributed by atoms with van der Waals surface area (Å²) in [5.74, 6) is 0. The van der Waals surface area contributed by atoms with E-state index in [2.05, 4.69) is 126 Å². The van der Waals surface area contributed by atoms with Crippen molar-refractivity contribution in [3.8, 4) is 38.0 Å². The average molecular weight is 391 g/mol. The predicted molar refractivity (Wildman–Crippen MR) is 122 cm³/mol. The Bertz CT molecular complexity index is 1110. The molecule has 1 aromatic heterocycles. The summed E-state index contributed by atoms with van der Waals surface area (Å²) >= 11 is 1.84. The lowest BCUT2D eigenvalue weighted by Gasteiger charge is -2.04. The lowest BCUT2D eigenvalue weighted by Crippen LogP contribution is -2.33. The molecule has 4 aromatic carbocycles. The number of aromatic nitrogens is 1. The number of para-hydroxylation sites is 1. The number of hydrogen-bond donors (Lipinski definition) is 0. The van der Waals surface area contributed by atoms with Crippen molar-refractivity contribution in [1.82, 2.24) is 0 Å². The van der Waals surface area contributed by atoms with E-state index in [4.69, 9.17) is 0 Å². The van der Waals surface area contributed by atoms with Gasteiger partial charge in [-0.25, -0.2) is 0 Å². The number of benzene rings is 4. The third-order valence-corrected chi connectivity index (χ3v) is 6.20. The molecule has 0 saturated heterocycles. The molecule has 5 aromatic rings. The van der Waals surface area contributed by atoms with Gasteiger partial charge < -0.3 is 0 Å². The first-order valence-corrected chi connectivity index (χ1v) is 10.5. The molecule has 0 bridgehead atoms. The van der Waals surface area contributed by atoms with Crippen molar-refractivity contribution in [3.63, 3.8) is 0 Å². The zero-order valence-electron chi connectivity index (χ0n) is 15.9. The van der Waals surface area contributed by atoms with Crippen molar-refractivity contribution in [3.05, 3.63) is 121 Å². The first-order chi connectivity index (χ1) is 14.4. The van der Waals surface area contributed by atoms with Crippen LogP contribution in [-0.2, 0) is 0 Å². The Morgan fingerprint density at radius 2 is 0.897 bits per heavy atom. The van der Waals surface area contributed by atoms with E-state index in [0.29, 0.717) is 0 Å². The molecule has 0 aliphatic rings. The number of rotatable bonds is 4. The van der Waals surface area contributed by atoms with Gasteiger partial charge in [0.2, 0.25) is 11.4 Å². The second kappa shape index (κ2) is 7.86. The van der Waals surface area contributed by atoms with E-state index in [1.165, 1.54) is 38.0 Å². The summed E-state index contributed by atoms with van der Waals surface area (Å²) in [6.07, 6.45) is 0. The van der Waals surface area contributed by atoms with E-state index < -0.39 is 0 Å². The maximum Gasteiger partial charge on any atom is 0.276 e. The molecule has 0 amide bonds. The van der Waals surface area contributed by atoms with Gasteiger partial charge in [-0.15, -0.1) is 4.57 Å². The van der Waals surface area contributed by atoms with E-state index in [1.807, 2.05) is 11.3 Å². The molecule has 0 spiro atoms. The van der Waals surface area contributed by atoms with Crippen LogP contribution in [0, 0.1) is 0 Å². The smallest absolute Gasteiger partial charge is 0.142 e. The number of thiazole rings is 1. The average Bonchev–Trinajstić information content (AvgIpc) is 3.22. The fourth-order valence-corrected chi connectivity index (χ4v) is 4.92. The number of nitrogens with zero attached hydrogens (tertiary/aromatic N) is 1. The summed E-state index contributed by atoms with van der Waals surface area (Å²) in [4.78, 5) is 1.28. The van der Waals surface area contributed by atoms with Gasteiger partial charge in [-0.2, -0.15) is 0 Å². The largest absolute Gasteiger partial charge is 0.276 e. The van der Waals surface area contributed by atoms with E-state index >= 15 is 0 Å². The SMILES string of the molecule is c1ccc(-c2sc(-c3ccccc3)[n+](-c3ccccc3)c2-c2ccccc2)cc1. The lowest BCUT2D eigenvalue weighted by atomic mass is 10.1. The Morgan fingerprint density at radius 1 is 0.448 bits per heavy atom. The highest BCUT2D eigenvalue weighted by Crippen LogP contribution is 2.40. The van der Waals surface area contributed by atoms with Crippen LogP contribution in [0.3, 0.4) is 0 Å². The Kier molecular flexibility index (Phi) is 4.77. The van der Waals surface area contributed by atoms with Gasteiger partial charge in [-0.1, -0.05) is 96.3 Å². The minimum Gasteiger partial charge on any atom is -0.142 e. The van der Waals surface area contributed by atoms with Crippen LogP contribution in [0.4, 0.5) is 0 Å². The van der Waals surface area contributed by atoms with Crippen molar-refractivity contribution in [2.75, 3.05) is 0 Å². The van der Waals surface area contributed by atoms with Gasteiger partial charge in [-0.3, -0.25) is 0 Å². The van der Waals surface area contributed by atoms with Crippen LogP contribution in [-0.4, -0.2) is 0 Å². The lowest BCUT2D eigenvalue weighted by molar-refractivity contribution is -0.566. The van der Waals surface area contributed by atoms with E-state index in [-0.39, 0.29) is 0 Å². The standard InChI is InChI=1S/C27H20NS/c1-5-13-21(14-6-1)25-26(22-15-7-2-8-16-22)29-27(23-17-9-3-10-18-23)28(25)24-19-11-4-12-20-24/h1-20H/q+1. The van der Waals surface area contributed by atoms with Crippen molar-refractivity contribution in [2.24, 2.45) is 0 Å². The Balaban J connectivity index is 1.89. The van der Waals surface area contributed by atoms with Crippen LogP contribution in [0.25, 0.3) is 38.0 Å². The zero-order valence-corrected chi connectivity index (χ0v) is 16.7. The van der Waals surface area contributed by atoms with Crippen LogP contribution in [0.1, 0.15) is 0 Å². The fourth-order valence-electron chi connectivity index (χ4n) is 3.63. The summed E-state index contributed by atoms with van der Waals surface area (Å²) in [5.41, 5.74) is 6.08. The second-order valence-electron chi connectivity index (χ2n) is 6.85. The molecule has 0 aliphatic heterocycles.